The minimum Gasteiger partial charge on any atom is -0.456 e. The minimum atomic E-state index is -3.09. The topological polar surface area (TPSA) is 98.6 Å². The monoisotopic (exact) mass is 413 g/mol. The number of rotatable bonds is 9. The van der Waals surface area contributed by atoms with Crippen molar-refractivity contribution in [1.29, 1.82) is 0 Å². The molecule has 0 bridgehead atoms. The van der Waals surface area contributed by atoms with Gasteiger partial charge in [0.1, 0.15) is 0 Å². The fourth-order valence-electron chi connectivity index (χ4n) is 3.56. The van der Waals surface area contributed by atoms with Crippen molar-refractivity contribution in [3.63, 3.8) is 0 Å². The zero-order valence-electron chi connectivity index (χ0n) is 17.2. The molecular formula is C19H31N3O5S. The second-order valence-corrected chi connectivity index (χ2v) is 9.66. The number of esters is 1. The van der Waals surface area contributed by atoms with Crippen LogP contribution in [0, 0.1) is 13.8 Å². The fraction of sp³-hybridized carbons (Fsp3) is 0.737. The fourth-order valence-corrected chi connectivity index (χ4v) is 5.29. The smallest absolute Gasteiger partial charge is 0.306 e. The van der Waals surface area contributed by atoms with Crippen molar-refractivity contribution in [2.45, 2.75) is 58.9 Å². The molecule has 0 spiro atoms. The predicted octanol–water partition coefficient (Wildman–Crippen LogP) is 1.33. The molecule has 9 heteroatoms. The summed E-state index contributed by atoms with van der Waals surface area (Å²) in [5.41, 5.74) is 2.91. The van der Waals surface area contributed by atoms with Crippen molar-refractivity contribution in [3.8, 4) is 0 Å². The molecule has 0 radical (unpaired) electrons. The van der Waals surface area contributed by atoms with Crippen LogP contribution in [-0.4, -0.2) is 65.7 Å². The third kappa shape index (κ3) is 5.80. The number of aromatic nitrogens is 2. The largest absolute Gasteiger partial charge is 0.456 e. The summed E-state index contributed by atoms with van der Waals surface area (Å²) in [5.74, 6) is -0.657. The molecule has 1 aliphatic heterocycles. The van der Waals surface area contributed by atoms with E-state index in [1.165, 1.54) is 0 Å². The zero-order chi connectivity index (χ0) is 20.9. The number of ether oxygens (including phenoxy) is 1. The highest BCUT2D eigenvalue weighted by Gasteiger charge is 2.34. The number of carbonyl (C=O) groups is 2. The van der Waals surface area contributed by atoms with Crippen LogP contribution in [0.5, 0.6) is 0 Å². The summed E-state index contributed by atoms with van der Waals surface area (Å²) in [6.07, 6.45) is 2.82. The second-order valence-electron chi connectivity index (χ2n) is 7.43. The van der Waals surface area contributed by atoms with Gasteiger partial charge in [-0.2, -0.15) is 5.10 Å². The molecule has 1 unspecified atom stereocenters. The lowest BCUT2D eigenvalue weighted by Crippen LogP contribution is -2.43. The van der Waals surface area contributed by atoms with E-state index in [2.05, 4.69) is 5.10 Å². The van der Waals surface area contributed by atoms with E-state index in [1.54, 1.807) is 9.58 Å². The Morgan fingerprint density at radius 3 is 2.57 bits per heavy atom. The molecule has 2 rings (SSSR count). The summed E-state index contributed by atoms with van der Waals surface area (Å²) in [6.45, 7) is 6.01. The third-order valence-electron chi connectivity index (χ3n) is 5.32. The highest BCUT2D eigenvalue weighted by atomic mass is 32.2. The summed E-state index contributed by atoms with van der Waals surface area (Å²) >= 11 is 0. The Kier molecular flexibility index (Phi) is 7.63. The first-order valence-electron chi connectivity index (χ1n) is 9.79. The normalized spacial score (nSPS) is 18.2. The van der Waals surface area contributed by atoms with Gasteiger partial charge < -0.3 is 9.64 Å². The molecule has 1 atom stereocenters. The molecule has 8 nitrogen and oxygen atoms in total. The van der Waals surface area contributed by atoms with E-state index in [9.17, 15) is 18.0 Å². The first-order chi connectivity index (χ1) is 13.1. The van der Waals surface area contributed by atoms with Gasteiger partial charge in [0.15, 0.2) is 16.4 Å². The molecular weight excluding hydrogens is 382 g/mol. The lowest BCUT2D eigenvalue weighted by Gasteiger charge is -2.28. The van der Waals surface area contributed by atoms with Crippen molar-refractivity contribution in [2.24, 2.45) is 7.05 Å². The van der Waals surface area contributed by atoms with Crippen molar-refractivity contribution in [2.75, 3.05) is 24.7 Å². The SMILES string of the molecule is CCCCN(C(=O)COC(=O)CCc1c(C)nn(C)c1C)C1CCS(=O)(=O)C1. The summed E-state index contributed by atoms with van der Waals surface area (Å²) in [7, 11) is -1.23. The van der Waals surface area contributed by atoms with Gasteiger partial charge in [0.05, 0.1) is 17.2 Å². The highest BCUT2D eigenvalue weighted by molar-refractivity contribution is 7.91. The number of nitrogens with zero attached hydrogens (tertiary/aromatic N) is 3. The van der Waals surface area contributed by atoms with Gasteiger partial charge in [-0.25, -0.2) is 8.42 Å². The zero-order valence-corrected chi connectivity index (χ0v) is 18.0. The number of unbranched alkanes of at least 4 members (excludes halogenated alkanes) is 1. The van der Waals surface area contributed by atoms with E-state index in [-0.39, 0.29) is 36.5 Å². The van der Waals surface area contributed by atoms with E-state index in [4.69, 9.17) is 4.74 Å². The Labute approximate surface area is 167 Å². The van der Waals surface area contributed by atoms with Crippen LogP contribution in [0.2, 0.25) is 0 Å². The van der Waals surface area contributed by atoms with E-state index in [0.717, 1.165) is 29.8 Å². The Balaban J connectivity index is 1.87. The van der Waals surface area contributed by atoms with E-state index >= 15 is 0 Å². The number of sulfone groups is 1. The summed E-state index contributed by atoms with van der Waals surface area (Å²) in [6, 6.07) is -0.316. The molecule has 1 aliphatic rings. The van der Waals surface area contributed by atoms with Gasteiger partial charge >= 0.3 is 5.97 Å². The lowest BCUT2D eigenvalue weighted by atomic mass is 10.1. The van der Waals surface area contributed by atoms with Crippen LogP contribution in [0.3, 0.4) is 0 Å². The Morgan fingerprint density at radius 1 is 1.32 bits per heavy atom. The number of amides is 1. The average molecular weight is 414 g/mol. The van der Waals surface area contributed by atoms with Gasteiger partial charge in [-0.1, -0.05) is 13.3 Å². The average Bonchev–Trinajstić information content (AvgIpc) is 3.10. The molecule has 0 aromatic carbocycles. The van der Waals surface area contributed by atoms with Gasteiger partial charge in [0, 0.05) is 31.7 Å². The molecule has 1 fully saturated rings. The van der Waals surface area contributed by atoms with E-state index in [1.807, 2.05) is 27.8 Å². The first-order valence-corrected chi connectivity index (χ1v) is 11.6. The summed E-state index contributed by atoms with van der Waals surface area (Å²) in [4.78, 5) is 26.3. The molecule has 0 aliphatic carbocycles. The van der Waals surface area contributed by atoms with Gasteiger partial charge in [-0.3, -0.25) is 14.3 Å². The van der Waals surface area contributed by atoms with Gasteiger partial charge in [0.2, 0.25) is 0 Å². The second kappa shape index (κ2) is 9.54. The summed E-state index contributed by atoms with van der Waals surface area (Å²) < 4.78 is 30.5. The summed E-state index contributed by atoms with van der Waals surface area (Å²) in [5, 5.41) is 4.32. The number of hydrogen-bond acceptors (Lipinski definition) is 6. The van der Waals surface area contributed by atoms with Crippen molar-refractivity contribution < 1.29 is 22.7 Å². The first kappa shape index (κ1) is 22.4. The number of hydrogen-bond donors (Lipinski definition) is 0. The maximum Gasteiger partial charge on any atom is 0.306 e. The molecule has 158 valence electrons. The van der Waals surface area contributed by atoms with Crippen LogP contribution in [0.1, 0.15) is 49.6 Å². The van der Waals surface area contributed by atoms with Crippen molar-refractivity contribution in [1.82, 2.24) is 14.7 Å². The van der Waals surface area contributed by atoms with Gasteiger partial charge in [-0.05, 0) is 38.7 Å². The maximum absolute atomic E-state index is 12.6. The molecule has 28 heavy (non-hydrogen) atoms. The van der Waals surface area contributed by atoms with Crippen molar-refractivity contribution in [3.05, 3.63) is 17.0 Å². The maximum atomic E-state index is 12.6. The van der Waals surface area contributed by atoms with Crippen LogP contribution >= 0.6 is 0 Å². The predicted molar refractivity (Wildman–Crippen MR) is 106 cm³/mol. The van der Waals surface area contributed by atoms with Gasteiger partial charge in [-0.15, -0.1) is 0 Å². The van der Waals surface area contributed by atoms with Crippen molar-refractivity contribution >= 4 is 21.7 Å². The minimum absolute atomic E-state index is 0.00401. The van der Waals surface area contributed by atoms with Crippen LogP contribution < -0.4 is 0 Å². The quantitative estimate of drug-likeness (QED) is 0.567. The molecule has 1 amide bonds. The van der Waals surface area contributed by atoms with Gasteiger partial charge in [0.25, 0.3) is 5.91 Å². The third-order valence-corrected chi connectivity index (χ3v) is 7.07. The molecule has 0 saturated carbocycles. The van der Waals surface area contributed by atoms with Crippen LogP contribution in [0.15, 0.2) is 0 Å². The highest BCUT2D eigenvalue weighted by Crippen LogP contribution is 2.19. The standard InChI is InChI=1S/C19H31N3O5S/c1-5-6-10-22(16-9-11-28(25,26)13-16)18(23)12-27-19(24)8-7-17-14(2)20-21(4)15(17)3/h16H,5-13H2,1-4H3. The van der Waals surface area contributed by atoms with E-state index < -0.39 is 15.8 Å². The Morgan fingerprint density at radius 2 is 2.04 bits per heavy atom. The Bertz CT molecular complexity index is 816. The van der Waals surface area contributed by atoms with Crippen LogP contribution in [0.4, 0.5) is 0 Å². The molecule has 2 heterocycles. The molecule has 1 aromatic rings. The van der Waals surface area contributed by atoms with Crippen LogP contribution in [-0.2, 0) is 37.6 Å². The number of carbonyl (C=O) groups excluding carboxylic acids is 2. The van der Waals surface area contributed by atoms with E-state index in [0.29, 0.717) is 19.4 Å². The molecule has 1 aromatic heterocycles. The lowest BCUT2D eigenvalue weighted by molar-refractivity contribution is -0.152. The van der Waals surface area contributed by atoms with Crippen LogP contribution in [0.25, 0.3) is 0 Å². The molecule has 1 saturated heterocycles. The number of aryl methyl sites for hydroxylation is 2. The Hall–Kier alpha value is -1.90. The molecule has 0 N–H and O–H groups in total.